The van der Waals surface area contributed by atoms with Crippen LogP contribution in [0.2, 0.25) is 5.02 Å². The Kier molecular flexibility index (Phi) is 5.91. The third-order valence-electron chi connectivity index (χ3n) is 2.82. The Labute approximate surface area is 122 Å². The number of carbonyl (C=O) groups is 1. The van der Waals surface area contributed by atoms with Gasteiger partial charge in [-0.15, -0.1) is 0 Å². The van der Waals surface area contributed by atoms with Crippen LogP contribution in [0.4, 0.5) is 11.4 Å². The quantitative estimate of drug-likeness (QED) is 0.623. The molecule has 0 aliphatic rings. The van der Waals surface area contributed by atoms with Crippen LogP contribution in [-0.4, -0.2) is 17.4 Å². The summed E-state index contributed by atoms with van der Waals surface area (Å²) >= 11 is 5.71. The van der Waals surface area contributed by atoms with Gasteiger partial charge in [-0.3, -0.25) is 14.9 Å². The van der Waals surface area contributed by atoms with E-state index in [1.54, 1.807) is 0 Å². The summed E-state index contributed by atoms with van der Waals surface area (Å²) in [6.45, 7) is 4.24. The summed E-state index contributed by atoms with van der Waals surface area (Å²) in [7, 11) is 0. The lowest BCUT2D eigenvalue weighted by Gasteiger charge is -2.16. The number of nitro benzene ring substituents is 1. The van der Waals surface area contributed by atoms with Gasteiger partial charge in [0.05, 0.1) is 10.8 Å². The van der Waals surface area contributed by atoms with Crippen LogP contribution < -0.4 is 11.1 Å². The number of nitrogens with zero attached hydrogens (tertiary/aromatic N) is 1. The molecule has 1 amide bonds. The summed E-state index contributed by atoms with van der Waals surface area (Å²) in [5.74, 6) is -0.212. The zero-order valence-corrected chi connectivity index (χ0v) is 12.2. The highest BCUT2D eigenvalue weighted by Gasteiger charge is 2.20. The number of nitrogens with two attached hydrogens (primary N) is 1. The normalized spacial score (nSPS) is 12.2. The minimum absolute atomic E-state index is 0.0329. The number of amides is 1. The van der Waals surface area contributed by atoms with Gasteiger partial charge in [-0.25, -0.2) is 0 Å². The van der Waals surface area contributed by atoms with Gasteiger partial charge in [0.15, 0.2) is 0 Å². The van der Waals surface area contributed by atoms with Gasteiger partial charge in [0.25, 0.3) is 5.69 Å². The maximum atomic E-state index is 12.1. The van der Waals surface area contributed by atoms with Gasteiger partial charge in [-0.2, -0.15) is 0 Å². The molecule has 0 aliphatic carbocycles. The first-order chi connectivity index (χ1) is 9.35. The Balaban J connectivity index is 2.84. The van der Waals surface area contributed by atoms with E-state index in [2.05, 4.69) is 5.32 Å². The van der Waals surface area contributed by atoms with Crippen LogP contribution >= 0.6 is 11.6 Å². The van der Waals surface area contributed by atoms with Gasteiger partial charge in [0.2, 0.25) is 5.91 Å². The SMILES string of the molecule is CC(C)CC(CN)C(=O)Nc1ccc(Cl)c([N+](=O)[O-])c1. The van der Waals surface area contributed by atoms with Crippen molar-refractivity contribution in [3.63, 3.8) is 0 Å². The molecular formula is C13H18ClN3O3. The topological polar surface area (TPSA) is 98.3 Å². The molecule has 0 saturated carbocycles. The number of carbonyl (C=O) groups excluding carboxylic acids is 1. The molecule has 1 atom stereocenters. The van der Waals surface area contributed by atoms with E-state index >= 15 is 0 Å². The van der Waals surface area contributed by atoms with Crippen molar-refractivity contribution in [1.82, 2.24) is 0 Å². The molecule has 7 heteroatoms. The number of hydrogen-bond acceptors (Lipinski definition) is 4. The predicted molar refractivity (Wildman–Crippen MR) is 78.7 cm³/mol. The lowest BCUT2D eigenvalue weighted by molar-refractivity contribution is -0.384. The molecule has 0 heterocycles. The Morgan fingerprint density at radius 1 is 1.50 bits per heavy atom. The summed E-state index contributed by atoms with van der Waals surface area (Å²) in [6.07, 6.45) is 0.665. The average molecular weight is 300 g/mol. The van der Waals surface area contributed by atoms with Crippen LogP contribution in [0.1, 0.15) is 20.3 Å². The Morgan fingerprint density at radius 3 is 2.65 bits per heavy atom. The molecule has 1 aromatic carbocycles. The van der Waals surface area contributed by atoms with Gasteiger partial charge in [-0.1, -0.05) is 25.4 Å². The van der Waals surface area contributed by atoms with E-state index in [1.807, 2.05) is 13.8 Å². The first-order valence-electron chi connectivity index (χ1n) is 6.30. The Morgan fingerprint density at radius 2 is 2.15 bits per heavy atom. The Hall–Kier alpha value is -1.66. The summed E-state index contributed by atoms with van der Waals surface area (Å²) in [5, 5.41) is 13.5. The lowest BCUT2D eigenvalue weighted by atomic mass is 9.96. The van der Waals surface area contributed by atoms with Crippen LogP contribution in [0.25, 0.3) is 0 Å². The number of halogens is 1. The predicted octanol–water partition coefficient (Wildman–Crippen LogP) is 2.81. The molecule has 0 bridgehead atoms. The molecule has 1 unspecified atom stereocenters. The summed E-state index contributed by atoms with van der Waals surface area (Å²) in [6, 6.07) is 4.15. The van der Waals surface area contributed by atoms with E-state index in [0.717, 1.165) is 0 Å². The fourth-order valence-corrected chi connectivity index (χ4v) is 2.04. The molecule has 0 aliphatic heterocycles. The molecule has 0 spiro atoms. The monoisotopic (exact) mass is 299 g/mol. The highest BCUT2D eigenvalue weighted by Crippen LogP contribution is 2.27. The van der Waals surface area contributed by atoms with Crippen LogP contribution in [0, 0.1) is 22.0 Å². The second kappa shape index (κ2) is 7.21. The van der Waals surface area contributed by atoms with Crippen LogP contribution in [-0.2, 0) is 4.79 Å². The van der Waals surface area contributed by atoms with Crippen molar-refractivity contribution in [2.24, 2.45) is 17.6 Å². The molecule has 0 saturated heterocycles. The number of nitro groups is 1. The first kappa shape index (κ1) is 16.4. The number of hydrogen-bond donors (Lipinski definition) is 2. The van der Waals surface area contributed by atoms with Crippen LogP contribution in [0.15, 0.2) is 18.2 Å². The smallest absolute Gasteiger partial charge is 0.289 e. The van der Waals surface area contributed by atoms with E-state index in [0.29, 0.717) is 18.0 Å². The maximum Gasteiger partial charge on any atom is 0.289 e. The first-order valence-corrected chi connectivity index (χ1v) is 6.67. The summed E-state index contributed by atoms with van der Waals surface area (Å²) in [4.78, 5) is 22.2. The average Bonchev–Trinajstić information content (AvgIpc) is 2.37. The van der Waals surface area contributed by atoms with Gasteiger partial charge in [0.1, 0.15) is 5.02 Å². The second-order valence-corrected chi connectivity index (χ2v) is 5.38. The minimum Gasteiger partial charge on any atom is -0.330 e. The summed E-state index contributed by atoms with van der Waals surface area (Å²) < 4.78 is 0. The zero-order valence-electron chi connectivity index (χ0n) is 11.4. The van der Waals surface area contributed by atoms with Crippen LogP contribution in [0.5, 0.6) is 0 Å². The molecule has 6 nitrogen and oxygen atoms in total. The van der Waals surface area contributed by atoms with E-state index in [1.165, 1.54) is 18.2 Å². The third kappa shape index (κ3) is 4.47. The summed E-state index contributed by atoms with van der Waals surface area (Å²) in [5.41, 5.74) is 5.69. The molecule has 3 N–H and O–H groups in total. The van der Waals surface area contributed by atoms with E-state index in [-0.39, 0.29) is 29.1 Å². The standard InChI is InChI=1S/C13H18ClN3O3/c1-8(2)5-9(7-15)13(18)16-10-3-4-11(14)12(6-10)17(19)20/h3-4,6,8-9H,5,7,15H2,1-2H3,(H,16,18). The number of anilines is 1. The lowest BCUT2D eigenvalue weighted by Crippen LogP contribution is -2.30. The number of rotatable bonds is 6. The molecule has 20 heavy (non-hydrogen) atoms. The largest absolute Gasteiger partial charge is 0.330 e. The molecule has 0 radical (unpaired) electrons. The highest BCUT2D eigenvalue weighted by atomic mass is 35.5. The zero-order chi connectivity index (χ0) is 15.3. The van der Waals surface area contributed by atoms with E-state index in [9.17, 15) is 14.9 Å². The molecule has 1 rings (SSSR count). The van der Waals surface area contributed by atoms with Crippen molar-refractivity contribution in [1.29, 1.82) is 0 Å². The van der Waals surface area contributed by atoms with Gasteiger partial charge < -0.3 is 11.1 Å². The fourth-order valence-electron chi connectivity index (χ4n) is 1.85. The molecule has 0 fully saturated rings. The van der Waals surface area contributed by atoms with Crippen LogP contribution in [0.3, 0.4) is 0 Å². The van der Waals surface area contributed by atoms with Crippen molar-refractivity contribution in [2.45, 2.75) is 20.3 Å². The van der Waals surface area contributed by atoms with Gasteiger partial charge in [-0.05, 0) is 24.5 Å². The third-order valence-corrected chi connectivity index (χ3v) is 3.14. The van der Waals surface area contributed by atoms with Crippen molar-refractivity contribution in [3.05, 3.63) is 33.3 Å². The fraction of sp³-hybridized carbons (Fsp3) is 0.462. The van der Waals surface area contributed by atoms with Crippen molar-refractivity contribution < 1.29 is 9.72 Å². The second-order valence-electron chi connectivity index (χ2n) is 4.97. The van der Waals surface area contributed by atoms with Gasteiger partial charge >= 0.3 is 0 Å². The van der Waals surface area contributed by atoms with E-state index in [4.69, 9.17) is 17.3 Å². The molecular weight excluding hydrogens is 282 g/mol. The molecule has 0 aromatic heterocycles. The van der Waals surface area contributed by atoms with Crippen molar-refractivity contribution in [3.8, 4) is 0 Å². The maximum absolute atomic E-state index is 12.1. The highest BCUT2D eigenvalue weighted by molar-refractivity contribution is 6.32. The van der Waals surface area contributed by atoms with Crippen molar-refractivity contribution >= 4 is 28.9 Å². The van der Waals surface area contributed by atoms with Crippen molar-refractivity contribution in [2.75, 3.05) is 11.9 Å². The van der Waals surface area contributed by atoms with E-state index < -0.39 is 4.92 Å². The number of nitrogens with one attached hydrogen (secondary N) is 1. The molecule has 110 valence electrons. The van der Waals surface area contributed by atoms with Gasteiger partial charge in [0, 0.05) is 18.3 Å². The Bertz CT molecular complexity index is 506. The molecule has 1 aromatic rings. The number of benzene rings is 1. The minimum atomic E-state index is -0.591.